The number of hydrogen-bond donors (Lipinski definition) is 3. The van der Waals surface area contributed by atoms with Gasteiger partial charge in [0.15, 0.2) is 24.8 Å². The first-order valence-electron chi connectivity index (χ1n) is 10.6. The van der Waals surface area contributed by atoms with Gasteiger partial charge in [0.25, 0.3) is 5.56 Å². The van der Waals surface area contributed by atoms with Crippen LogP contribution < -0.4 is 11.2 Å². The molecule has 0 amide bonds. The third kappa shape index (κ3) is 4.86. The van der Waals surface area contributed by atoms with E-state index < -0.39 is 60.5 Å². The molecule has 0 spiro atoms. The van der Waals surface area contributed by atoms with Crippen LogP contribution in [0.5, 0.6) is 0 Å². The molecule has 0 radical (unpaired) electrons. The van der Waals surface area contributed by atoms with E-state index in [1.165, 1.54) is 17.8 Å². The third-order valence-electron chi connectivity index (χ3n) is 5.88. The highest BCUT2D eigenvalue weighted by atomic mass is 35.5. The SMILES string of the molecule is C[C@H]1O[C@@H](n2ccc(=O)[nH]c2=O)C(F)[C@@H]1O.C[C@H]1O[C@@H](n2cnc3cc(Cl)c(Cl)cc32)[C@H](F)[C@@H]1O. The Morgan fingerprint density at radius 1 is 0.971 bits per heavy atom. The minimum Gasteiger partial charge on any atom is -0.387 e. The number of fused-ring (bicyclic) bond motifs is 1. The van der Waals surface area contributed by atoms with Crippen molar-refractivity contribution >= 4 is 34.2 Å². The van der Waals surface area contributed by atoms with Crippen molar-refractivity contribution in [3.05, 3.63) is 61.6 Å². The highest BCUT2D eigenvalue weighted by Gasteiger charge is 2.44. The fourth-order valence-corrected chi connectivity index (χ4v) is 4.21. The number of hydrogen-bond acceptors (Lipinski definition) is 7. The molecule has 8 atom stereocenters. The van der Waals surface area contributed by atoms with Gasteiger partial charge in [-0.15, -0.1) is 0 Å². The average molecular weight is 535 g/mol. The summed E-state index contributed by atoms with van der Waals surface area (Å²) in [6.45, 7) is 3.13. The van der Waals surface area contributed by atoms with Crippen molar-refractivity contribution in [2.45, 2.75) is 63.1 Å². The molecule has 3 aromatic rings. The quantitative estimate of drug-likeness (QED) is 0.458. The normalized spacial score (nSPS) is 32.6. The molecule has 2 aromatic heterocycles. The van der Waals surface area contributed by atoms with E-state index in [0.717, 1.165) is 16.8 Å². The molecule has 35 heavy (non-hydrogen) atoms. The number of imidazole rings is 1. The van der Waals surface area contributed by atoms with Gasteiger partial charge in [0.2, 0.25) is 0 Å². The number of aliphatic hydroxyl groups excluding tert-OH is 2. The third-order valence-corrected chi connectivity index (χ3v) is 6.61. The van der Waals surface area contributed by atoms with Gasteiger partial charge in [0.05, 0.1) is 39.6 Å². The summed E-state index contributed by atoms with van der Waals surface area (Å²) >= 11 is 11.9. The van der Waals surface area contributed by atoms with Crippen LogP contribution in [0.25, 0.3) is 11.0 Å². The van der Waals surface area contributed by atoms with Gasteiger partial charge in [-0.2, -0.15) is 0 Å². The molecular formula is C21H22Cl2F2N4O6. The van der Waals surface area contributed by atoms with E-state index in [0.29, 0.717) is 21.1 Å². The fraction of sp³-hybridized carbons (Fsp3) is 0.476. The Bertz CT molecular complexity index is 1330. The topological polar surface area (TPSA) is 132 Å². The van der Waals surface area contributed by atoms with Crippen LogP contribution in [0.1, 0.15) is 26.3 Å². The highest BCUT2D eigenvalue weighted by molar-refractivity contribution is 6.42. The Hall–Kier alpha value is -2.35. The summed E-state index contributed by atoms with van der Waals surface area (Å²) in [4.78, 5) is 28.3. The van der Waals surface area contributed by atoms with Crippen LogP contribution in [0.2, 0.25) is 10.0 Å². The van der Waals surface area contributed by atoms with Gasteiger partial charge in [-0.3, -0.25) is 14.3 Å². The number of benzene rings is 1. The Morgan fingerprint density at radius 3 is 2.03 bits per heavy atom. The summed E-state index contributed by atoms with van der Waals surface area (Å²) in [5.41, 5.74) is -0.118. The molecule has 2 aliphatic heterocycles. The first kappa shape index (κ1) is 25.7. The number of ether oxygens (including phenoxy) is 2. The monoisotopic (exact) mass is 534 g/mol. The molecule has 0 aliphatic carbocycles. The van der Waals surface area contributed by atoms with Crippen LogP contribution in [0.3, 0.4) is 0 Å². The van der Waals surface area contributed by atoms with Crippen LogP contribution in [-0.4, -0.2) is 66.1 Å². The van der Waals surface area contributed by atoms with E-state index in [1.807, 2.05) is 4.98 Å². The van der Waals surface area contributed by atoms with Gasteiger partial charge < -0.3 is 24.3 Å². The summed E-state index contributed by atoms with van der Waals surface area (Å²) in [5, 5.41) is 19.7. The molecule has 2 saturated heterocycles. The van der Waals surface area contributed by atoms with E-state index in [9.17, 15) is 28.6 Å². The van der Waals surface area contributed by atoms with Gasteiger partial charge >= 0.3 is 5.69 Å². The summed E-state index contributed by atoms with van der Waals surface area (Å²) in [7, 11) is 0. The number of aromatic amines is 1. The minimum absolute atomic E-state index is 0.359. The Morgan fingerprint density at radius 2 is 1.51 bits per heavy atom. The molecule has 190 valence electrons. The summed E-state index contributed by atoms with van der Waals surface area (Å²) in [6, 6.07) is 4.31. The average Bonchev–Trinajstić information content (AvgIpc) is 3.40. The van der Waals surface area contributed by atoms with E-state index in [1.54, 1.807) is 19.1 Å². The molecule has 10 nitrogen and oxygen atoms in total. The largest absolute Gasteiger partial charge is 0.387 e. The van der Waals surface area contributed by atoms with Crippen molar-refractivity contribution in [1.82, 2.24) is 19.1 Å². The molecule has 0 saturated carbocycles. The van der Waals surface area contributed by atoms with E-state index in [-0.39, 0.29) is 0 Å². The Balaban J connectivity index is 0.000000168. The zero-order valence-electron chi connectivity index (χ0n) is 18.4. The maximum Gasteiger partial charge on any atom is 0.330 e. The smallest absolute Gasteiger partial charge is 0.330 e. The number of H-pyrrole nitrogens is 1. The van der Waals surface area contributed by atoms with Crippen molar-refractivity contribution in [1.29, 1.82) is 0 Å². The minimum atomic E-state index is -1.70. The molecule has 0 bridgehead atoms. The first-order chi connectivity index (χ1) is 16.5. The second kappa shape index (κ2) is 9.96. The molecule has 4 heterocycles. The molecule has 14 heteroatoms. The Kier molecular flexibility index (Phi) is 7.32. The van der Waals surface area contributed by atoms with Crippen LogP contribution in [0.4, 0.5) is 8.78 Å². The number of aromatic nitrogens is 4. The molecule has 2 fully saturated rings. The maximum absolute atomic E-state index is 14.0. The van der Waals surface area contributed by atoms with Crippen LogP contribution in [0, 0.1) is 0 Å². The number of nitrogens with one attached hydrogen (secondary N) is 1. The lowest BCUT2D eigenvalue weighted by Gasteiger charge is -2.15. The van der Waals surface area contributed by atoms with E-state index in [2.05, 4.69) is 4.98 Å². The zero-order chi connectivity index (χ0) is 25.6. The predicted molar refractivity (Wildman–Crippen MR) is 122 cm³/mol. The van der Waals surface area contributed by atoms with Crippen molar-refractivity contribution in [3.63, 3.8) is 0 Å². The van der Waals surface area contributed by atoms with Crippen LogP contribution >= 0.6 is 23.2 Å². The van der Waals surface area contributed by atoms with Crippen molar-refractivity contribution in [2.75, 3.05) is 0 Å². The summed E-state index contributed by atoms with van der Waals surface area (Å²) < 4.78 is 40.6. The number of alkyl halides is 2. The van der Waals surface area contributed by atoms with Crippen molar-refractivity contribution in [2.24, 2.45) is 0 Å². The molecule has 5 rings (SSSR count). The standard InChI is InChI=1S/C12H11Cl2FN2O2.C9H11FN2O4/c1-5-11(18)10(15)12(19-5)17-4-16-8-2-6(13)7(14)3-9(8)17;1-4-7(14)6(10)8(16-4)12-3-2-5(13)11-9(12)15/h2-5,10-12,18H,1H3;2-4,6-8,14H,1H3,(H,11,13,15)/t5-,10-,11-,12-;4-,6?,7-,8-/m11/s1. The molecule has 3 N–H and O–H groups in total. The number of aliphatic hydroxyl groups is 2. The van der Waals surface area contributed by atoms with Crippen molar-refractivity contribution < 1.29 is 28.5 Å². The second-order valence-corrected chi connectivity index (χ2v) is 9.07. The van der Waals surface area contributed by atoms with E-state index >= 15 is 0 Å². The number of nitrogens with zero attached hydrogens (tertiary/aromatic N) is 3. The lowest BCUT2D eigenvalue weighted by Crippen LogP contribution is -2.35. The van der Waals surface area contributed by atoms with Crippen LogP contribution in [0.15, 0.2) is 40.3 Å². The predicted octanol–water partition coefficient (Wildman–Crippen LogP) is 2.11. The maximum atomic E-state index is 14.0. The number of rotatable bonds is 2. The van der Waals surface area contributed by atoms with Crippen molar-refractivity contribution in [3.8, 4) is 0 Å². The van der Waals surface area contributed by atoms with Gasteiger partial charge in [-0.1, -0.05) is 23.2 Å². The molecular weight excluding hydrogens is 513 g/mol. The molecule has 2 aliphatic rings. The van der Waals surface area contributed by atoms with E-state index in [4.69, 9.17) is 32.7 Å². The van der Waals surface area contributed by atoms with Gasteiger partial charge in [-0.25, -0.2) is 18.6 Å². The van der Waals surface area contributed by atoms with Gasteiger partial charge in [0.1, 0.15) is 12.2 Å². The van der Waals surface area contributed by atoms with Gasteiger partial charge in [0, 0.05) is 12.3 Å². The second-order valence-electron chi connectivity index (χ2n) is 8.26. The lowest BCUT2D eigenvalue weighted by molar-refractivity contribution is -0.0185. The molecule has 1 unspecified atom stereocenters. The van der Waals surface area contributed by atoms with Gasteiger partial charge in [-0.05, 0) is 26.0 Å². The lowest BCUT2D eigenvalue weighted by atomic mass is 10.2. The number of halogens is 4. The van der Waals surface area contributed by atoms with Crippen LogP contribution in [-0.2, 0) is 9.47 Å². The summed E-state index contributed by atoms with van der Waals surface area (Å²) in [5.74, 6) is 0. The molecule has 1 aromatic carbocycles. The Labute approximate surface area is 206 Å². The first-order valence-corrected chi connectivity index (χ1v) is 11.3. The highest BCUT2D eigenvalue weighted by Crippen LogP contribution is 2.35. The zero-order valence-corrected chi connectivity index (χ0v) is 19.9. The summed E-state index contributed by atoms with van der Waals surface area (Å²) in [6.07, 6.45) is -6.40. The fourth-order valence-electron chi connectivity index (χ4n) is 3.90.